The number of nitrogens with zero attached hydrogens (tertiary/aromatic N) is 3. The Morgan fingerprint density at radius 2 is 1.89 bits per heavy atom. The van der Waals surface area contributed by atoms with Crippen LogP contribution in [0.15, 0.2) is 54.7 Å². The average molecular weight is 520 g/mol. The topological polar surface area (TPSA) is 37.8 Å². The van der Waals surface area contributed by atoms with Crippen LogP contribution in [0.4, 0.5) is 5.69 Å². The molecule has 3 heterocycles. The van der Waals surface area contributed by atoms with Crippen LogP contribution in [0.1, 0.15) is 54.1 Å². The molecule has 5 nitrogen and oxygen atoms in total. The summed E-state index contributed by atoms with van der Waals surface area (Å²) in [6.07, 6.45) is 7.48. The van der Waals surface area contributed by atoms with E-state index in [2.05, 4.69) is 59.0 Å². The molecule has 196 valence electrons. The predicted octanol–water partition coefficient (Wildman–Crippen LogP) is 6.79. The van der Waals surface area contributed by atoms with Crippen molar-refractivity contribution in [2.45, 2.75) is 58.0 Å². The van der Waals surface area contributed by atoms with Crippen LogP contribution in [-0.4, -0.2) is 49.3 Å². The number of halogens is 1. The van der Waals surface area contributed by atoms with E-state index in [9.17, 15) is 0 Å². The van der Waals surface area contributed by atoms with Gasteiger partial charge in [-0.05, 0) is 93.0 Å². The summed E-state index contributed by atoms with van der Waals surface area (Å²) in [5, 5.41) is 0.661. The number of fused-ring (bicyclic) bond motifs is 1. The third-order valence-corrected chi connectivity index (χ3v) is 8.45. The first-order chi connectivity index (χ1) is 18.0. The van der Waals surface area contributed by atoms with Crippen molar-refractivity contribution in [2.75, 3.05) is 38.3 Å². The third kappa shape index (κ3) is 5.73. The van der Waals surface area contributed by atoms with Crippen molar-refractivity contribution >= 4 is 17.3 Å². The molecule has 2 aromatic carbocycles. The van der Waals surface area contributed by atoms with Gasteiger partial charge in [0.25, 0.3) is 0 Å². The smallest absolute Gasteiger partial charge is 0.139 e. The van der Waals surface area contributed by atoms with Crippen LogP contribution in [0.5, 0.6) is 11.5 Å². The van der Waals surface area contributed by atoms with Crippen molar-refractivity contribution in [3.8, 4) is 11.5 Å². The van der Waals surface area contributed by atoms with E-state index in [4.69, 9.17) is 21.1 Å². The maximum absolute atomic E-state index is 6.27. The quantitative estimate of drug-likeness (QED) is 0.306. The number of hydrogen-bond acceptors (Lipinski definition) is 5. The fourth-order valence-electron chi connectivity index (χ4n) is 5.98. The van der Waals surface area contributed by atoms with Crippen molar-refractivity contribution in [1.29, 1.82) is 0 Å². The molecule has 0 amide bonds. The normalized spacial score (nSPS) is 19.9. The number of benzene rings is 2. The summed E-state index contributed by atoms with van der Waals surface area (Å²) < 4.78 is 11.7. The molecule has 0 bridgehead atoms. The molecule has 2 saturated heterocycles. The lowest BCUT2D eigenvalue weighted by atomic mass is 9.86. The molecule has 0 aliphatic carbocycles. The minimum Gasteiger partial charge on any atom is -0.495 e. The average Bonchev–Trinajstić information content (AvgIpc) is 2.93. The van der Waals surface area contributed by atoms with Gasteiger partial charge in [-0.25, -0.2) is 0 Å². The molecule has 2 aliphatic heterocycles. The molecule has 0 radical (unpaired) electrons. The van der Waals surface area contributed by atoms with Gasteiger partial charge in [-0.3, -0.25) is 9.88 Å². The lowest BCUT2D eigenvalue weighted by Gasteiger charge is -2.49. The number of ether oxygens (including phenoxy) is 2. The number of aromatic nitrogens is 1. The van der Waals surface area contributed by atoms with Gasteiger partial charge in [0.15, 0.2) is 0 Å². The van der Waals surface area contributed by atoms with Crippen LogP contribution in [0.3, 0.4) is 0 Å². The summed E-state index contributed by atoms with van der Waals surface area (Å²) in [5.41, 5.74) is 6.42. The minimum atomic E-state index is 0.470. The minimum absolute atomic E-state index is 0.470. The standard InChI is InChI=1S/C31H38ClN3O2/c1-22-23(2)30(37-19-7-9-24-8-4-5-16-33-24)15-13-27(22)29-11-6-10-26-21-34(17-18-35(26)29)25-12-14-28(32)31(20-25)36-3/h4-5,8,12-16,20,26,29H,6-7,9-11,17-19,21H2,1-3H3/t26-,29+/m0/s1. The van der Waals surface area contributed by atoms with Gasteiger partial charge in [-0.15, -0.1) is 0 Å². The second kappa shape index (κ2) is 11.7. The lowest BCUT2D eigenvalue weighted by molar-refractivity contribution is 0.0712. The Morgan fingerprint density at radius 1 is 1.00 bits per heavy atom. The lowest BCUT2D eigenvalue weighted by Crippen LogP contribution is -2.56. The Morgan fingerprint density at radius 3 is 2.70 bits per heavy atom. The number of rotatable bonds is 8. The monoisotopic (exact) mass is 519 g/mol. The van der Waals surface area contributed by atoms with Crippen molar-refractivity contribution in [1.82, 2.24) is 9.88 Å². The summed E-state index contributed by atoms with van der Waals surface area (Å²) >= 11 is 6.27. The number of piperazine rings is 1. The van der Waals surface area contributed by atoms with Crippen molar-refractivity contribution < 1.29 is 9.47 Å². The Kier molecular flexibility index (Phi) is 8.21. The summed E-state index contributed by atoms with van der Waals surface area (Å²) in [4.78, 5) is 9.65. The van der Waals surface area contributed by atoms with Gasteiger partial charge >= 0.3 is 0 Å². The number of aryl methyl sites for hydroxylation is 1. The summed E-state index contributed by atoms with van der Waals surface area (Å²) in [5.74, 6) is 1.75. The van der Waals surface area contributed by atoms with Gasteiger partial charge in [0.1, 0.15) is 11.5 Å². The van der Waals surface area contributed by atoms with Gasteiger partial charge in [-0.2, -0.15) is 0 Å². The predicted molar refractivity (Wildman–Crippen MR) is 151 cm³/mol. The summed E-state index contributed by atoms with van der Waals surface area (Å²) in [6.45, 7) is 8.29. The van der Waals surface area contributed by atoms with Crippen molar-refractivity contribution in [3.63, 3.8) is 0 Å². The zero-order valence-corrected chi connectivity index (χ0v) is 23.0. The largest absolute Gasteiger partial charge is 0.495 e. The number of piperidine rings is 1. The third-order valence-electron chi connectivity index (χ3n) is 8.14. The first-order valence-electron chi connectivity index (χ1n) is 13.5. The second-order valence-corrected chi connectivity index (χ2v) is 10.7. The fourth-order valence-corrected chi connectivity index (χ4v) is 6.17. The van der Waals surface area contributed by atoms with E-state index in [0.29, 0.717) is 23.7 Å². The van der Waals surface area contributed by atoms with E-state index >= 15 is 0 Å². The highest BCUT2D eigenvalue weighted by Crippen LogP contribution is 2.40. The van der Waals surface area contributed by atoms with Gasteiger partial charge in [0.2, 0.25) is 0 Å². The van der Waals surface area contributed by atoms with Crippen LogP contribution < -0.4 is 14.4 Å². The number of methoxy groups -OCH3 is 1. The van der Waals surface area contributed by atoms with Crippen molar-refractivity contribution in [3.05, 3.63) is 82.1 Å². The zero-order chi connectivity index (χ0) is 25.8. The Balaban J connectivity index is 1.24. The molecule has 3 aromatic rings. The van der Waals surface area contributed by atoms with E-state index in [1.54, 1.807) is 7.11 Å². The molecule has 1 aromatic heterocycles. The Hall–Kier alpha value is -2.76. The zero-order valence-electron chi connectivity index (χ0n) is 22.3. The van der Waals surface area contributed by atoms with Crippen LogP contribution in [0, 0.1) is 13.8 Å². The van der Waals surface area contributed by atoms with Crippen LogP contribution in [0.2, 0.25) is 5.02 Å². The highest BCUT2D eigenvalue weighted by Gasteiger charge is 2.36. The molecule has 0 N–H and O–H groups in total. The molecule has 2 atom stereocenters. The number of pyridine rings is 1. The Bertz CT molecular complexity index is 1200. The molecule has 2 aliphatic rings. The molecular weight excluding hydrogens is 482 g/mol. The molecule has 0 spiro atoms. The molecule has 6 heteroatoms. The van der Waals surface area contributed by atoms with Gasteiger partial charge in [0, 0.05) is 55.4 Å². The van der Waals surface area contributed by atoms with Gasteiger partial charge in [0.05, 0.1) is 18.7 Å². The number of hydrogen-bond donors (Lipinski definition) is 0. The van der Waals surface area contributed by atoms with E-state index in [1.807, 2.05) is 24.4 Å². The fraction of sp³-hybridized carbons (Fsp3) is 0.452. The highest BCUT2D eigenvalue weighted by atomic mass is 35.5. The van der Waals surface area contributed by atoms with Crippen LogP contribution in [-0.2, 0) is 6.42 Å². The molecule has 5 rings (SSSR count). The first-order valence-corrected chi connectivity index (χ1v) is 13.9. The van der Waals surface area contributed by atoms with Crippen molar-refractivity contribution in [2.24, 2.45) is 0 Å². The molecule has 2 fully saturated rings. The van der Waals surface area contributed by atoms with E-state index in [1.165, 1.54) is 41.6 Å². The highest BCUT2D eigenvalue weighted by molar-refractivity contribution is 6.32. The van der Waals surface area contributed by atoms with E-state index < -0.39 is 0 Å². The SMILES string of the molecule is COc1cc(N2CCN3[C@@H](CCC[C@@H]3c3ccc(OCCCc4ccccn4)c(C)c3C)C2)ccc1Cl. The maximum atomic E-state index is 6.27. The van der Waals surface area contributed by atoms with E-state index in [0.717, 1.165) is 49.7 Å². The number of anilines is 1. The maximum Gasteiger partial charge on any atom is 0.139 e. The molecular formula is C31H38ClN3O2. The molecule has 0 saturated carbocycles. The molecule has 0 unspecified atom stereocenters. The Labute approximate surface area is 226 Å². The van der Waals surface area contributed by atoms with Gasteiger partial charge < -0.3 is 14.4 Å². The molecule has 37 heavy (non-hydrogen) atoms. The van der Waals surface area contributed by atoms with Crippen LogP contribution >= 0.6 is 11.6 Å². The second-order valence-electron chi connectivity index (χ2n) is 10.3. The van der Waals surface area contributed by atoms with E-state index in [-0.39, 0.29) is 0 Å². The summed E-state index contributed by atoms with van der Waals surface area (Å²) in [7, 11) is 1.68. The summed E-state index contributed by atoms with van der Waals surface area (Å²) in [6, 6.07) is 17.7. The van der Waals surface area contributed by atoms with Gasteiger partial charge in [-0.1, -0.05) is 23.7 Å². The first kappa shape index (κ1) is 25.9. The van der Waals surface area contributed by atoms with Crippen LogP contribution in [0.25, 0.3) is 0 Å².